The van der Waals surface area contributed by atoms with Crippen molar-refractivity contribution < 1.29 is 9.69 Å². The van der Waals surface area contributed by atoms with Gasteiger partial charge in [-0.05, 0) is 53.3 Å². The molecule has 1 aromatic rings. The van der Waals surface area contributed by atoms with Crippen molar-refractivity contribution in [3.63, 3.8) is 0 Å². The Morgan fingerprint density at radius 3 is 2.42 bits per heavy atom. The molecule has 2 N–H and O–H groups in total. The van der Waals surface area contributed by atoms with Crippen LogP contribution in [0.15, 0.2) is 24.3 Å². The molecule has 1 aliphatic rings. The minimum atomic E-state index is 0.123. The number of benzene rings is 1. The van der Waals surface area contributed by atoms with Gasteiger partial charge in [0.25, 0.3) is 5.91 Å². The molecule has 19 heavy (non-hydrogen) atoms. The van der Waals surface area contributed by atoms with E-state index in [1.807, 2.05) is 24.3 Å². The van der Waals surface area contributed by atoms with Crippen LogP contribution in [0.25, 0.3) is 0 Å². The number of quaternary nitrogens is 1. The first-order valence-corrected chi connectivity index (χ1v) is 8.00. The van der Waals surface area contributed by atoms with Crippen LogP contribution < -0.4 is 10.2 Å². The number of rotatable bonds is 3. The van der Waals surface area contributed by atoms with Crippen LogP contribution in [0.5, 0.6) is 0 Å². The fourth-order valence-corrected chi connectivity index (χ4v) is 3.39. The Balaban J connectivity index is 1.85. The molecule has 0 aromatic heterocycles. The van der Waals surface area contributed by atoms with Gasteiger partial charge in [-0.15, -0.1) is 0 Å². The maximum atomic E-state index is 12.0. The molecule has 2 atom stereocenters. The van der Waals surface area contributed by atoms with E-state index in [1.54, 1.807) is 0 Å². The van der Waals surface area contributed by atoms with Crippen molar-refractivity contribution >= 4 is 34.2 Å². The largest absolute Gasteiger partial charge is 0.327 e. The Labute approximate surface area is 128 Å². The van der Waals surface area contributed by atoms with E-state index in [0.29, 0.717) is 6.54 Å². The summed E-state index contributed by atoms with van der Waals surface area (Å²) in [7, 11) is 0. The number of likely N-dealkylation sites (tertiary alicyclic amines) is 1. The topological polar surface area (TPSA) is 33.5 Å². The van der Waals surface area contributed by atoms with Crippen LogP contribution in [0.3, 0.4) is 0 Å². The number of hydrogen-bond donors (Lipinski definition) is 2. The van der Waals surface area contributed by atoms with Gasteiger partial charge >= 0.3 is 0 Å². The van der Waals surface area contributed by atoms with Crippen LogP contribution in [0.2, 0.25) is 0 Å². The third kappa shape index (κ3) is 4.76. The predicted octanol–water partition coefficient (Wildman–Crippen LogP) is 1.79. The van der Waals surface area contributed by atoms with Crippen molar-refractivity contribution in [2.24, 2.45) is 11.8 Å². The molecule has 0 saturated carbocycles. The van der Waals surface area contributed by atoms with Gasteiger partial charge in [0.05, 0.1) is 13.1 Å². The summed E-state index contributed by atoms with van der Waals surface area (Å²) < 4.78 is 1.18. The Kier molecular flexibility index (Phi) is 5.21. The van der Waals surface area contributed by atoms with Gasteiger partial charge in [0.15, 0.2) is 6.54 Å². The van der Waals surface area contributed by atoms with Crippen molar-refractivity contribution in [1.29, 1.82) is 0 Å². The quantitative estimate of drug-likeness (QED) is 0.779. The molecule has 1 aromatic carbocycles. The molecule has 3 nitrogen and oxygen atoms in total. The van der Waals surface area contributed by atoms with Crippen molar-refractivity contribution in [2.45, 2.75) is 20.3 Å². The number of carbonyl (C=O) groups excluding carboxylic acids is 1. The lowest BCUT2D eigenvalue weighted by Crippen LogP contribution is -3.15. The van der Waals surface area contributed by atoms with Gasteiger partial charge < -0.3 is 10.2 Å². The lowest BCUT2D eigenvalue weighted by molar-refractivity contribution is -0.904. The summed E-state index contributed by atoms with van der Waals surface area (Å²) in [6.07, 6.45) is 1.29. The average molecular weight is 373 g/mol. The van der Waals surface area contributed by atoms with Crippen molar-refractivity contribution in [3.05, 3.63) is 27.8 Å². The minimum Gasteiger partial charge on any atom is -0.327 e. The normalized spacial score (nSPS) is 27.0. The standard InChI is InChI=1S/C15H21IN2O/c1-11-7-12(2)9-18(8-11)10-15(19)17-14-5-3-13(16)4-6-14/h3-6,11-12H,7-10H2,1-2H3,(H,17,19)/p+1/t11-,12-/m0/s1. The Bertz CT molecular complexity index is 422. The Morgan fingerprint density at radius 2 is 1.84 bits per heavy atom. The van der Waals surface area contributed by atoms with Crippen molar-refractivity contribution in [2.75, 3.05) is 25.0 Å². The Hall–Kier alpha value is -0.620. The van der Waals surface area contributed by atoms with Crippen LogP contribution in [-0.2, 0) is 4.79 Å². The van der Waals surface area contributed by atoms with Crippen LogP contribution in [-0.4, -0.2) is 25.5 Å². The Morgan fingerprint density at radius 1 is 1.26 bits per heavy atom. The minimum absolute atomic E-state index is 0.123. The molecule has 1 amide bonds. The second-order valence-electron chi connectivity index (χ2n) is 5.84. The van der Waals surface area contributed by atoms with Crippen molar-refractivity contribution in [1.82, 2.24) is 0 Å². The fourth-order valence-electron chi connectivity index (χ4n) is 3.03. The first-order valence-electron chi connectivity index (χ1n) is 6.92. The fraction of sp³-hybridized carbons (Fsp3) is 0.533. The van der Waals surface area contributed by atoms with Gasteiger partial charge in [-0.25, -0.2) is 0 Å². The number of nitrogens with one attached hydrogen (secondary N) is 2. The summed E-state index contributed by atoms with van der Waals surface area (Å²) in [5, 5.41) is 2.98. The molecule has 0 radical (unpaired) electrons. The third-order valence-electron chi connectivity index (χ3n) is 3.62. The van der Waals surface area contributed by atoms with Crippen LogP contribution in [0.4, 0.5) is 5.69 Å². The molecule has 1 saturated heterocycles. The molecule has 104 valence electrons. The number of carbonyl (C=O) groups is 1. The predicted molar refractivity (Wildman–Crippen MR) is 86.3 cm³/mol. The second kappa shape index (κ2) is 6.70. The summed E-state index contributed by atoms with van der Waals surface area (Å²) in [6.45, 7) is 7.38. The summed E-state index contributed by atoms with van der Waals surface area (Å²) >= 11 is 2.26. The molecule has 0 unspecified atom stereocenters. The summed E-state index contributed by atoms with van der Waals surface area (Å²) in [4.78, 5) is 13.5. The number of halogens is 1. The highest BCUT2D eigenvalue weighted by Gasteiger charge is 2.26. The molecule has 0 spiro atoms. The lowest BCUT2D eigenvalue weighted by atomic mass is 9.92. The molecule has 0 bridgehead atoms. The highest BCUT2D eigenvalue weighted by atomic mass is 127. The monoisotopic (exact) mass is 373 g/mol. The number of anilines is 1. The van der Waals surface area contributed by atoms with E-state index in [4.69, 9.17) is 0 Å². The molecule has 1 fully saturated rings. The number of piperidine rings is 1. The highest BCUT2D eigenvalue weighted by Crippen LogP contribution is 2.12. The second-order valence-corrected chi connectivity index (χ2v) is 7.08. The molecule has 2 rings (SSSR count). The molecular weight excluding hydrogens is 351 g/mol. The number of hydrogen-bond acceptors (Lipinski definition) is 1. The van der Waals surface area contributed by atoms with Gasteiger partial charge in [0.2, 0.25) is 0 Å². The van der Waals surface area contributed by atoms with E-state index in [-0.39, 0.29) is 5.91 Å². The van der Waals surface area contributed by atoms with Gasteiger partial charge in [0.1, 0.15) is 0 Å². The molecule has 1 aliphatic heterocycles. The lowest BCUT2D eigenvalue weighted by Gasteiger charge is -2.31. The van der Waals surface area contributed by atoms with Crippen molar-refractivity contribution in [3.8, 4) is 0 Å². The van der Waals surface area contributed by atoms with Gasteiger partial charge in [-0.3, -0.25) is 4.79 Å². The maximum absolute atomic E-state index is 12.0. The van der Waals surface area contributed by atoms with E-state index in [2.05, 4.69) is 41.8 Å². The zero-order valence-electron chi connectivity index (χ0n) is 11.6. The number of amides is 1. The van der Waals surface area contributed by atoms with E-state index in [9.17, 15) is 4.79 Å². The van der Waals surface area contributed by atoms with Gasteiger partial charge in [-0.2, -0.15) is 0 Å². The summed E-state index contributed by atoms with van der Waals surface area (Å²) in [5.41, 5.74) is 0.892. The zero-order chi connectivity index (χ0) is 13.8. The SMILES string of the molecule is C[C@H]1C[C@H](C)C[NH+](CC(=O)Nc2ccc(I)cc2)C1. The van der Waals surface area contributed by atoms with E-state index in [0.717, 1.165) is 30.6 Å². The summed E-state index contributed by atoms with van der Waals surface area (Å²) in [5.74, 6) is 1.58. The molecule has 0 aliphatic carbocycles. The van der Waals surface area contributed by atoms with Crippen LogP contribution in [0.1, 0.15) is 20.3 Å². The van der Waals surface area contributed by atoms with E-state index < -0.39 is 0 Å². The molecular formula is C15H22IN2O+. The average Bonchev–Trinajstić information content (AvgIpc) is 2.30. The summed E-state index contributed by atoms with van der Waals surface area (Å²) in [6, 6.07) is 7.93. The van der Waals surface area contributed by atoms with Gasteiger partial charge in [0, 0.05) is 21.1 Å². The van der Waals surface area contributed by atoms with E-state index in [1.165, 1.54) is 14.9 Å². The van der Waals surface area contributed by atoms with Crippen LogP contribution in [0, 0.1) is 15.4 Å². The molecule has 1 heterocycles. The van der Waals surface area contributed by atoms with E-state index >= 15 is 0 Å². The van der Waals surface area contributed by atoms with Crippen LogP contribution >= 0.6 is 22.6 Å². The zero-order valence-corrected chi connectivity index (χ0v) is 13.7. The first-order chi connectivity index (χ1) is 9.02. The smallest absolute Gasteiger partial charge is 0.279 e. The molecule has 4 heteroatoms. The first kappa shape index (κ1) is 14.8. The highest BCUT2D eigenvalue weighted by molar-refractivity contribution is 14.1. The third-order valence-corrected chi connectivity index (χ3v) is 4.34. The van der Waals surface area contributed by atoms with Gasteiger partial charge in [-0.1, -0.05) is 13.8 Å². The maximum Gasteiger partial charge on any atom is 0.279 e.